The molecule has 3 heteroatoms. The van der Waals surface area contributed by atoms with Crippen molar-refractivity contribution >= 4 is 0 Å². The van der Waals surface area contributed by atoms with E-state index in [2.05, 4.69) is 12.2 Å². The Morgan fingerprint density at radius 3 is 3.06 bits per heavy atom. The van der Waals surface area contributed by atoms with E-state index < -0.39 is 0 Å². The number of furan rings is 1. The molecule has 0 amide bonds. The molecule has 1 aromatic heterocycles. The zero-order valence-corrected chi connectivity index (χ0v) is 10.00. The molecule has 1 heterocycles. The van der Waals surface area contributed by atoms with Crippen LogP contribution in [0.3, 0.4) is 0 Å². The van der Waals surface area contributed by atoms with Gasteiger partial charge in [-0.1, -0.05) is 0 Å². The van der Waals surface area contributed by atoms with E-state index in [9.17, 15) is 0 Å². The highest BCUT2D eigenvalue weighted by Crippen LogP contribution is 2.28. The van der Waals surface area contributed by atoms with Crippen molar-refractivity contribution in [2.45, 2.75) is 32.7 Å². The molecule has 16 heavy (non-hydrogen) atoms. The van der Waals surface area contributed by atoms with Crippen molar-refractivity contribution in [2.24, 2.45) is 5.92 Å². The minimum Gasteiger partial charge on any atom is -0.468 e. The van der Waals surface area contributed by atoms with Crippen LogP contribution in [-0.4, -0.2) is 19.8 Å². The maximum absolute atomic E-state index is 5.56. The highest BCUT2D eigenvalue weighted by atomic mass is 16.5. The SMILES string of the molecule is Cc1ccoc1CNCCCOCC1CC1. The van der Waals surface area contributed by atoms with Gasteiger partial charge in [-0.2, -0.15) is 0 Å². The molecule has 0 aromatic carbocycles. The van der Waals surface area contributed by atoms with Gasteiger partial charge in [-0.15, -0.1) is 0 Å². The summed E-state index contributed by atoms with van der Waals surface area (Å²) >= 11 is 0. The Morgan fingerprint density at radius 2 is 2.38 bits per heavy atom. The molecule has 1 saturated carbocycles. The van der Waals surface area contributed by atoms with Gasteiger partial charge in [-0.25, -0.2) is 0 Å². The number of hydrogen-bond donors (Lipinski definition) is 1. The minimum atomic E-state index is 0.821. The molecule has 3 nitrogen and oxygen atoms in total. The molecule has 0 saturated heterocycles. The Hall–Kier alpha value is -0.800. The molecule has 90 valence electrons. The van der Waals surface area contributed by atoms with E-state index in [1.165, 1.54) is 18.4 Å². The molecule has 0 aliphatic heterocycles. The molecule has 0 atom stereocenters. The normalized spacial score (nSPS) is 15.6. The van der Waals surface area contributed by atoms with E-state index in [-0.39, 0.29) is 0 Å². The summed E-state index contributed by atoms with van der Waals surface area (Å²) in [4.78, 5) is 0. The lowest BCUT2D eigenvalue weighted by Gasteiger charge is -2.04. The number of nitrogens with one attached hydrogen (secondary N) is 1. The van der Waals surface area contributed by atoms with Crippen molar-refractivity contribution in [1.82, 2.24) is 5.32 Å². The molecule has 0 radical (unpaired) electrons. The van der Waals surface area contributed by atoms with Gasteiger partial charge in [0.25, 0.3) is 0 Å². The monoisotopic (exact) mass is 223 g/mol. The third-order valence-electron chi connectivity index (χ3n) is 2.95. The van der Waals surface area contributed by atoms with Crippen molar-refractivity contribution in [3.8, 4) is 0 Å². The molecule has 1 aromatic rings. The molecule has 1 N–H and O–H groups in total. The van der Waals surface area contributed by atoms with Gasteiger partial charge < -0.3 is 14.5 Å². The van der Waals surface area contributed by atoms with E-state index in [0.717, 1.165) is 44.4 Å². The smallest absolute Gasteiger partial charge is 0.120 e. The lowest BCUT2D eigenvalue weighted by atomic mass is 10.3. The first-order valence-corrected chi connectivity index (χ1v) is 6.17. The lowest BCUT2D eigenvalue weighted by Crippen LogP contribution is -2.16. The fraction of sp³-hybridized carbons (Fsp3) is 0.692. The molecule has 0 bridgehead atoms. The van der Waals surface area contributed by atoms with Crippen LogP contribution in [0.15, 0.2) is 16.7 Å². The average Bonchev–Trinajstić information content (AvgIpc) is 3.01. The molecule has 0 unspecified atom stereocenters. The predicted octanol–water partition coefficient (Wildman–Crippen LogP) is 2.49. The predicted molar refractivity (Wildman–Crippen MR) is 63.3 cm³/mol. The minimum absolute atomic E-state index is 0.821. The van der Waals surface area contributed by atoms with Gasteiger partial charge in [0, 0.05) is 13.2 Å². The second kappa shape index (κ2) is 6.06. The Balaban J connectivity index is 1.44. The molecule has 1 aliphatic rings. The van der Waals surface area contributed by atoms with Crippen molar-refractivity contribution in [1.29, 1.82) is 0 Å². The van der Waals surface area contributed by atoms with Crippen LogP contribution in [0.2, 0.25) is 0 Å². The zero-order valence-electron chi connectivity index (χ0n) is 10.00. The lowest BCUT2D eigenvalue weighted by molar-refractivity contribution is 0.122. The third kappa shape index (κ3) is 3.99. The molecule has 1 aliphatic carbocycles. The maximum Gasteiger partial charge on any atom is 0.120 e. The number of hydrogen-bond acceptors (Lipinski definition) is 3. The summed E-state index contributed by atoms with van der Waals surface area (Å²) in [6.45, 7) is 5.73. The molecular formula is C13H21NO2. The molecule has 1 fully saturated rings. The van der Waals surface area contributed by atoms with Gasteiger partial charge in [-0.3, -0.25) is 0 Å². The topological polar surface area (TPSA) is 34.4 Å². The van der Waals surface area contributed by atoms with E-state index in [1.54, 1.807) is 6.26 Å². The van der Waals surface area contributed by atoms with Crippen LogP contribution < -0.4 is 5.32 Å². The highest BCUT2D eigenvalue weighted by molar-refractivity contribution is 5.13. The first-order valence-electron chi connectivity index (χ1n) is 6.17. The van der Waals surface area contributed by atoms with Crippen molar-refractivity contribution in [3.05, 3.63) is 23.7 Å². The number of ether oxygens (including phenoxy) is 1. The van der Waals surface area contributed by atoms with Gasteiger partial charge in [0.2, 0.25) is 0 Å². The van der Waals surface area contributed by atoms with Crippen LogP contribution in [0, 0.1) is 12.8 Å². The van der Waals surface area contributed by atoms with Gasteiger partial charge >= 0.3 is 0 Å². The summed E-state index contributed by atoms with van der Waals surface area (Å²) < 4.78 is 10.9. The summed E-state index contributed by atoms with van der Waals surface area (Å²) in [6, 6.07) is 2.00. The van der Waals surface area contributed by atoms with Crippen molar-refractivity contribution in [2.75, 3.05) is 19.8 Å². The first-order chi connectivity index (χ1) is 7.86. The van der Waals surface area contributed by atoms with Crippen LogP contribution in [0.1, 0.15) is 30.6 Å². The van der Waals surface area contributed by atoms with Gasteiger partial charge in [-0.05, 0) is 50.3 Å². The summed E-state index contributed by atoms with van der Waals surface area (Å²) in [7, 11) is 0. The first kappa shape index (κ1) is 11.7. The fourth-order valence-corrected chi connectivity index (χ4v) is 1.62. The number of rotatable bonds is 8. The quantitative estimate of drug-likeness (QED) is 0.688. The summed E-state index contributed by atoms with van der Waals surface area (Å²) in [5.74, 6) is 1.91. The van der Waals surface area contributed by atoms with E-state index >= 15 is 0 Å². The number of aryl methyl sites for hydroxylation is 1. The maximum atomic E-state index is 5.56. The van der Waals surface area contributed by atoms with Crippen LogP contribution in [0.5, 0.6) is 0 Å². The van der Waals surface area contributed by atoms with Gasteiger partial charge in [0.15, 0.2) is 0 Å². The van der Waals surface area contributed by atoms with Crippen molar-refractivity contribution < 1.29 is 9.15 Å². The Kier molecular flexibility index (Phi) is 4.43. The Labute approximate surface area is 97.2 Å². The summed E-state index contributed by atoms with van der Waals surface area (Å²) in [5, 5.41) is 3.36. The van der Waals surface area contributed by atoms with E-state index in [1.807, 2.05) is 6.07 Å². The van der Waals surface area contributed by atoms with Crippen LogP contribution in [-0.2, 0) is 11.3 Å². The Morgan fingerprint density at radius 1 is 1.50 bits per heavy atom. The van der Waals surface area contributed by atoms with E-state index in [4.69, 9.17) is 9.15 Å². The largest absolute Gasteiger partial charge is 0.468 e. The van der Waals surface area contributed by atoms with E-state index in [0.29, 0.717) is 0 Å². The average molecular weight is 223 g/mol. The van der Waals surface area contributed by atoms with Crippen LogP contribution in [0.25, 0.3) is 0 Å². The second-order valence-electron chi connectivity index (χ2n) is 4.58. The zero-order chi connectivity index (χ0) is 11.2. The molecular weight excluding hydrogens is 202 g/mol. The summed E-state index contributed by atoms with van der Waals surface area (Å²) in [5.41, 5.74) is 1.22. The molecule has 0 spiro atoms. The fourth-order valence-electron chi connectivity index (χ4n) is 1.62. The standard InChI is InChI=1S/C13H21NO2/c1-11-5-8-16-13(11)9-14-6-2-7-15-10-12-3-4-12/h5,8,12,14H,2-4,6-7,9-10H2,1H3. The highest BCUT2D eigenvalue weighted by Gasteiger charge is 2.20. The van der Waals surface area contributed by atoms with Gasteiger partial charge in [0.05, 0.1) is 12.8 Å². The molecule has 2 rings (SSSR count). The second-order valence-corrected chi connectivity index (χ2v) is 4.58. The van der Waals surface area contributed by atoms with Gasteiger partial charge in [0.1, 0.15) is 5.76 Å². The van der Waals surface area contributed by atoms with Crippen LogP contribution in [0.4, 0.5) is 0 Å². The van der Waals surface area contributed by atoms with Crippen LogP contribution >= 0.6 is 0 Å². The Bertz CT molecular complexity index is 305. The summed E-state index contributed by atoms with van der Waals surface area (Å²) in [6.07, 6.45) is 5.56. The third-order valence-corrected chi connectivity index (χ3v) is 2.95. The van der Waals surface area contributed by atoms with Crippen molar-refractivity contribution in [3.63, 3.8) is 0 Å².